The van der Waals surface area contributed by atoms with E-state index in [-0.39, 0.29) is 12.5 Å². The second kappa shape index (κ2) is 7.34. The van der Waals surface area contributed by atoms with Crippen LogP contribution in [0.1, 0.15) is 19.8 Å². The van der Waals surface area contributed by atoms with Gasteiger partial charge in [-0.25, -0.2) is 0 Å². The van der Waals surface area contributed by atoms with Gasteiger partial charge >= 0.3 is 5.97 Å². The average Bonchev–Trinajstić information content (AvgIpc) is 2.10. The van der Waals surface area contributed by atoms with Gasteiger partial charge in [0.05, 0.1) is 5.92 Å². The summed E-state index contributed by atoms with van der Waals surface area (Å²) < 4.78 is 4.39. The van der Waals surface area contributed by atoms with Crippen LogP contribution in [0.15, 0.2) is 12.2 Å². The molecule has 0 heterocycles. The van der Waals surface area contributed by atoms with Gasteiger partial charge in [-0.1, -0.05) is 19.1 Å². The molecule has 4 nitrogen and oxygen atoms in total. The lowest BCUT2D eigenvalue weighted by molar-refractivity contribution is -0.141. The van der Waals surface area contributed by atoms with Gasteiger partial charge in [-0.05, 0) is 12.8 Å². The van der Waals surface area contributed by atoms with Gasteiger partial charge in [0.2, 0.25) is 0 Å². The molecule has 0 aliphatic carbocycles. The van der Waals surface area contributed by atoms with Crippen LogP contribution in [0.4, 0.5) is 0 Å². The van der Waals surface area contributed by atoms with E-state index in [9.17, 15) is 9.59 Å². The number of carboxylic acid groups (broad SMARTS) is 1. The van der Waals surface area contributed by atoms with Crippen LogP contribution >= 0.6 is 0 Å². The molecule has 0 bridgehead atoms. The quantitative estimate of drug-likeness (QED) is 0.369. The Balaban J connectivity index is 3.64. The van der Waals surface area contributed by atoms with Crippen molar-refractivity contribution in [2.75, 3.05) is 6.61 Å². The van der Waals surface area contributed by atoms with E-state index in [0.717, 1.165) is 0 Å². The monoisotopic (exact) mass is 186 g/mol. The summed E-state index contributed by atoms with van der Waals surface area (Å²) in [7, 11) is 0. The smallest absolute Gasteiger partial charge is 0.306 e. The lowest BCUT2D eigenvalue weighted by atomic mass is 10.0. The molecule has 0 aliphatic rings. The maximum absolute atomic E-state index is 10.5. The molecule has 0 spiro atoms. The predicted octanol–water partition coefficient (Wildman–Crippen LogP) is 1.22. The van der Waals surface area contributed by atoms with Gasteiger partial charge in [-0.15, -0.1) is 0 Å². The molecule has 0 fully saturated rings. The largest absolute Gasteiger partial charge is 0.481 e. The Kier molecular flexibility index (Phi) is 6.59. The minimum atomic E-state index is -0.788. The summed E-state index contributed by atoms with van der Waals surface area (Å²) in [6.45, 7) is 2.40. The maximum atomic E-state index is 10.5. The van der Waals surface area contributed by atoms with Gasteiger partial charge in [0, 0.05) is 0 Å². The summed E-state index contributed by atoms with van der Waals surface area (Å²) >= 11 is 0. The number of carboxylic acids is 1. The molecular formula is C9H14O4. The third-order valence-corrected chi connectivity index (χ3v) is 1.69. The van der Waals surface area contributed by atoms with E-state index >= 15 is 0 Å². The first-order chi connectivity index (χ1) is 6.22. The maximum Gasteiger partial charge on any atom is 0.306 e. The molecule has 74 valence electrons. The van der Waals surface area contributed by atoms with E-state index in [4.69, 9.17) is 5.11 Å². The standard InChI is InChI=1S/C9H14O4/c1-2-8(9(11)12)5-3-4-6-13-7-10/h3-4,7-8H,2,5-6H2,1H3,(H,11,12). The van der Waals surface area contributed by atoms with Crippen LogP contribution in [0.3, 0.4) is 0 Å². The minimum Gasteiger partial charge on any atom is -0.481 e. The van der Waals surface area contributed by atoms with E-state index in [2.05, 4.69) is 4.74 Å². The fourth-order valence-corrected chi connectivity index (χ4v) is 0.865. The van der Waals surface area contributed by atoms with Crippen LogP contribution in [-0.4, -0.2) is 24.2 Å². The highest BCUT2D eigenvalue weighted by molar-refractivity contribution is 5.70. The zero-order valence-electron chi connectivity index (χ0n) is 7.60. The summed E-state index contributed by atoms with van der Waals surface area (Å²) in [4.78, 5) is 20.2. The van der Waals surface area contributed by atoms with E-state index in [1.54, 1.807) is 12.2 Å². The van der Waals surface area contributed by atoms with Crippen LogP contribution in [-0.2, 0) is 14.3 Å². The Hall–Kier alpha value is -1.32. The van der Waals surface area contributed by atoms with Crippen LogP contribution < -0.4 is 0 Å². The third-order valence-electron chi connectivity index (χ3n) is 1.69. The van der Waals surface area contributed by atoms with Crippen molar-refractivity contribution in [1.29, 1.82) is 0 Å². The number of carbonyl (C=O) groups is 2. The number of carbonyl (C=O) groups excluding carboxylic acids is 1. The Morgan fingerprint density at radius 2 is 2.23 bits per heavy atom. The first-order valence-corrected chi connectivity index (χ1v) is 4.15. The molecule has 0 saturated carbocycles. The molecule has 0 amide bonds. The lowest BCUT2D eigenvalue weighted by Crippen LogP contribution is -2.11. The van der Waals surface area contributed by atoms with Gasteiger partial charge in [0.15, 0.2) is 0 Å². The van der Waals surface area contributed by atoms with Crippen molar-refractivity contribution >= 4 is 12.4 Å². The second-order valence-corrected chi connectivity index (χ2v) is 2.58. The topological polar surface area (TPSA) is 63.6 Å². The van der Waals surface area contributed by atoms with Gasteiger partial charge < -0.3 is 9.84 Å². The fourth-order valence-electron chi connectivity index (χ4n) is 0.865. The third kappa shape index (κ3) is 5.90. The summed E-state index contributed by atoms with van der Waals surface area (Å²) in [5, 5.41) is 8.65. The van der Waals surface area contributed by atoms with Crippen molar-refractivity contribution in [3.05, 3.63) is 12.2 Å². The molecule has 1 unspecified atom stereocenters. The highest BCUT2D eigenvalue weighted by Gasteiger charge is 2.11. The Labute approximate surface area is 77.2 Å². The molecule has 4 heteroatoms. The zero-order valence-corrected chi connectivity index (χ0v) is 7.60. The number of hydrogen-bond donors (Lipinski definition) is 1. The molecule has 0 aliphatic heterocycles. The SMILES string of the molecule is CCC(CC=CCOC=O)C(=O)O. The lowest BCUT2D eigenvalue weighted by Gasteiger charge is -2.04. The van der Waals surface area contributed by atoms with Gasteiger partial charge in [-0.3, -0.25) is 9.59 Å². The van der Waals surface area contributed by atoms with Gasteiger partial charge in [0.25, 0.3) is 6.47 Å². The van der Waals surface area contributed by atoms with Gasteiger partial charge in [0.1, 0.15) is 6.61 Å². The number of aliphatic carboxylic acids is 1. The normalized spacial score (nSPS) is 12.7. The summed E-state index contributed by atoms with van der Waals surface area (Å²) in [5.74, 6) is -1.13. The second-order valence-electron chi connectivity index (χ2n) is 2.58. The van der Waals surface area contributed by atoms with E-state index in [1.165, 1.54) is 0 Å². The Bertz CT molecular complexity index is 186. The molecule has 0 rings (SSSR count). The number of hydrogen-bond acceptors (Lipinski definition) is 3. The molecule has 1 N–H and O–H groups in total. The number of rotatable bonds is 7. The molecular weight excluding hydrogens is 172 g/mol. The van der Waals surface area contributed by atoms with E-state index < -0.39 is 5.97 Å². The Morgan fingerprint density at radius 1 is 1.54 bits per heavy atom. The van der Waals surface area contributed by atoms with E-state index in [1.807, 2.05) is 6.92 Å². The fraction of sp³-hybridized carbons (Fsp3) is 0.556. The van der Waals surface area contributed by atoms with E-state index in [0.29, 0.717) is 19.3 Å². The van der Waals surface area contributed by atoms with Crippen LogP contribution in [0.2, 0.25) is 0 Å². The van der Waals surface area contributed by atoms with Crippen LogP contribution in [0.5, 0.6) is 0 Å². The molecule has 0 aromatic rings. The van der Waals surface area contributed by atoms with Crippen molar-refractivity contribution in [2.24, 2.45) is 5.92 Å². The zero-order chi connectivity index (χ0) is 10.1. The van der Waals surface area contributed by atoms with Crippen LogP contribution in [0, 0.1) is 5.92 Å². The highest BCUT2D eigenvalue weighted by Crippen LogP contribution is 2.08. The molecule has 0 aromatic heterocycles. The highest BCUT2D eigenvalue weighted by atomic mass is 16.5. The number of ether oxygens (including phenoxy) is 1. The van der Waals surface area contributed by atoms with Crippen molar-refractivity contribution in [3.8, 4) is 0 Å². The van der Waals surface area contributed by atoms with Crippen molar-refractivity contribution in [1.82, 2.24) is 0 Å². The summed E-state index contributed by atoms with van der Waals surface area (Å²) in [5.41, 5.74) is 0. The average molecular weight is 186 g/mol. The minimum absolute atomic E-state index is 0.208. The van der Waals surface area contributed by atoms with Gasteiger partial charge in [-0.2, -0.15) is 0 Å². The Morgan fingerprint density at radius 3 is 2.69 bits per heavy atom. The molecule has 0 saturated heterocycles. The summed E-state index contributed by atoms with van der Waals surface area (Å²) in [6.07, 6.45) is 4.44. The van der Waals surface area contributed by atoms with Crippen molar-refractivity contribution < 1.29 is 19.4 Å². The molecule has 0 radical (unpaired) electrons. The first kappa shape index (κ1) is 11.7. The molecule has 1 atom stereocenters. The number of allylic oxidation sites excluding steroid dienone is 1. The molecule has 0 aromatic carbocycles. The summed E-state index contributed by atoms with van der Waals surface area (Å²) in [6, 6.07) is 0. The predicted molar refractivity (Wildman–Crippen MR) is 47.2 cm³/mol. The molecule has 13 heavy (non-hydrogen) atoms. The van der Waals surface area contributed by atoms with Crippen molar-refractivity contribution in [3.63, 3.8) is 0 Å². The first-order valence-electron chi connectivity index (χ1n) is 4.15. The van der Waals surface area contributed by atoms with Crippen molar-refractivity contribution in [2.45, 2.75) is 19.8 Å². The van der Waals surface area contributed by atoms with Crippen LogP contribution in [0.25, 0.3) is 0 Å².